The van der Waals surface area contributed by atoms with Crippen LogP contribution in [0.25, 0.3) is 0 Å². The number of alkyl halides is 3. The molecule has 0 saturated heterocycles. The van der Waals surface area contributed by atoms with Gasteiger partial charge < -0.3 is 15.4 Å². The molecule has 1 aliphatic rings. The van der Waals surface area contributed by atoms with Gasteiger partial charge in [-0.1, -0.05) is 0 Å². The molecule has 1 unspecified atom stereocenters. The van der Waals surface area contributed by atoms with Gasteiger partial charge in [0.15, 0.2) is 0 Å². The van der Waals surface area contributed by atoms with Crippen molar-refractivity contribution < 1.29 is 27.5 Å². The maximum atomic E-state index is 13.1. The highest BCUT2D eigenvalue weighted by molar-refractivity contribution is 5.85. The Bertz CT molecular complexity index is 798. The summed E-state index contributed by atoms with van der Waals surface area (Å²) in [7, 11) is 0. The molecule has 0 saturated carbocycles. The number of ether oxygens (including phenoxy) is 1. The summed E-state index contributed by atoms with van der Waals surface area (Å²) in [6.45, 7) is 6.41. The SMILES string of the molecule is C[C@H](NC(=O)OC(C)(C)C)C(=O)NC1CCc2c1n[nH]c(=O)c2C(F)(F)F. The van der Waals surface area contributed by atoms with Crippen LogP contribution in [-0.4, -0.2) is 33.8 Å². The van der Waals surface area contributed by atoms with E-state index in [0.717, 1.165) is 0 Å². The molecular formula is C16H21F3N4O4. The molecule has 0 fully saturated rings. The summed E-state index contributed by atoms with van der Waals surface area (Å²) in [4.78, 5) is 35.5. The third-order valence-corrected chi connectivity index (χ3v) is 3.86. The molecule has 3 N–H and O–H groups in total. The molecule has 0 aliphatic heterocycles. The van der Waals surface area contributed by atoms with E-state index in [1.807, 2.05) is 5.10 Å². The van der Waals surface area contributed by atoms with Crippen molar-refractivity contribution in [2.75, 3.05) is 0 Å². The van der Waals surface area contributed by atoms with Crippen molar-refractivity contribution in [3.05, 3.63) is 27.2 Å². The normalized spacial score (nSPS) is 17.8. The van der Waals surface area contributed by atoms with Gasteiger partial charge in [-0.05, 0) is 46.1 Å². The third kappa shape index (κ3) is 4.98. The van der Waals surface area contributed by atoms with Crippen molar-refractivity contribution >= 4 is 12.0 Å². The van der Waals surface area contributed by atoms with Crippen LogP contribution in [0.5, 0.6) is 0 Å². The third-order valence-electron chi connectivity index (χ3n) is 3.86. The molecule has 0 spiro atoms. The summed E-state index contributed by atoms with van der Waals surface area (Å²) >= 11 is 0. The Morgan fingerprint density at radius 3 is 2.48 bits per heavy atom. The highest BCUT2D eigenvalue weighted by Crippen LogP contribution is 2.37. The van der Waals surface area contributed by atoms with Crippen LogP contribution in [-0.2, 0) is 22.1 Å². The molecule has 0 aromatic carbocycles. The van der Waals surface area contributed by atoms with E-state index in [0.29, 0.717) is 0 Å². The van der Waals surface area contributed by atoms with E-state index in [2.05, 4.69) is 15.7 Å². The first-order valence-corrected chi connectivity index (χ1v) is 8.28. The monoisotopic (exact) mass is 390 g/mol. The standard InChI is InChI=1S/C16H21F3N4O4/c1-7(20-14(26)27-15(2,3)4)12(24)21-9-6-5-8-10(16(17,18)19)13(25)23-22-11(8)9/h7,9H,5-6H2,1-4H3,(H,20,26)(H,21,24)(H,23,25)/t7-,9?/m0/s1. The summed E-state index contributed by atoms with van der Waals surface area (Å²) in [5.41, 5.74) is -3.59. The molecule has 2 atom stereocenters. The minimum Gasteiger partial charge on any atom is -0.444 e. The van der Waals surface area contributed by atoms with Crippen LogP contribution < -0.4 is 16.2 Å². The Kier molecular flexibility index (Phi) is 5.52. The number of nitrogens with zero attached hydrogens (tertiary/aromatic N) is 1. The van der Waals surface area contributed by atoms with Crippen LogP contribution in [0.4, 0.5) is 18.0 Å². The van der Waals surface area contributed by atoms with Gasteiger partial charge in [-0.3, -0.25) is 9.59 Å². The van der Waals surface area contributed by atoms with Gasteiger partial charge in [0.2, 0.25) is 5.91 Å². The smallest absolute Gasteiger partial charge is 0.422 e. The second-order valence-corrected chi connectivity index (χ2v) is 7.26. The zero-order valence-corrected chi connectivity index (χ0v) is 15.3. The number of fused-ring (bicyclic) bond motifs is 1. The van der Waals surface area contributed by atoms with Crippen LogP contribution in [0.15, 0.2) is 4.79 Å². The van der Waals surface area contributed by atoms with Crippen molar-refractivity contribution in [2.24, 2.45) is 0 Å². The largest absolute Gasteiger partial charge is 0.444 e. The molecule has 1 aromatic rings. The first kappa shape index (κ1) is 20.7. The quantitative estimate of drug-likeness (QED) is 0.729. The second-order valence-electron chi connectivity index (χ2n) is 7.26. The number of carbonyl (C=O) groups excluding carboxylic acids is 2. The maximum absolute atomic E-state index is 13.1. The summed E-state index contributed by atoms with van der Waals surface area (Å²) in [6, 6.07) is -1.78. The van der Waals surface area contributed by atoms with Crippen LogP contribution >= 0.6 is 0 Å². The molecule has 11 heteroatoms. The number of H-pyrrole nitrogens is 1. The summed E-state index contributed by atoms with van der Waals surface area (Å²) < 4.78 is 44.4. The molecule has 2 rings (SSSR count). The molecule has 1 aliphatic carbocycles. The van der Waals surface area contributed by atoms with Crippen LogP contribution in [0.1, 0.15) is 57.0 Å². The molecule has 1 aromatic heterocycles. The number of carbonyl (C=O) groups is 2. The number of amides is 2. The van der Waals surface area contributed by atoms with E-state index in [9.17, 15) is 27.6 Å². The molecule has 2 amide bonds. The topological polar surface area (TPSA) is 113 Å². The average molecular weight is 390 g/mol. The van der Waals surface area contributed by atoms with Crippen molar-refractivity contribution in [1.82, 2.24) is 20.8 Å². The fourth-order valence-corrected chi connectivity index (χ4v) is 2.75. The van der Waals surface area contributed by atoms with Crippen LogP contribution in [0, 0.1) is 0 Å². The van der Waals surface area contributed by atoms with Crippen LogP contribution in [0.3, 0.4) is 0 Å². The van der Waals surface area contributed by atoms with Gasteiger partial charge in [0, 0.05) is 0 Å². The highest BCUT2D eigenvalue weighted by Gasteiger charge is 2.41. The van der Waals surface area contributed by atoms with Gasteiger partial charge in [-0.25, -0.2) is 9.89 Å². The van der Waals surface area contributed by atoms with Gasteiger partial charge in [0.25, 0.3) is 5.56 Å². The number of halogens is 3. The summed E-state index contributed by atoms with van der Waals surface area (Å²) in [6.07, 6.45) is -5.49. The minimum atomic E-state index is -4.81. The molecule has 8 nitrogen and oxygen atoms in total. The van der Waals surface area contributed by atoms with Crippen LogP contribution in [0.2, 0.25) is 0 Å². The molecule has 1 heterocycles. The van der Waals surface area contributed by atoms with Crippen molar-refractivity contribution in [3.63, 3.8) is 0 Å². The molecule has 0 bridgehead atoms. The van der Waals surface area contributed by atoms with E-state index >= 15 is 0 Å². The lowest BCUT2D eigenvalue weighted by atomic mass is 10.1. The fourth-order valence-electron chi connectivity index (χ4n) is 2.75. The van der Waals surface area contributed by atoms with Gasteiger partial charge in [0.05, 0.1) is 11.7 Å². The first-order valence-electron chi connectivity index (χ1n) is 8.28. The van der Waals surface area contributed by atoms with E-state index in [1.165, 1.54) is 6.92 Å². The average Bonchev–Trinajstić information content (AvgIpc) is 2.86. The van der Waals surface area contributed by atoms with E-state index < -0.39 is 47.0 Å². The highest BCUT2D eigenvalue weighted by atomic mass is 19.4. The molecule has 0 radical (unpaired) electrons. The Hall–Kier alpha value is -2.59. The lowest BCUT2D eigenvalue weighted by Gasteiger charge is -2.22. The Balaban J connectivity index is 2.10. The number of hydrogen-bond acceptors (Lipinski definition) is 5. The van der Waals surface area contributed by atoms with Gasteiger partial charge in [-0.2, -0.15) is 18.3 Å². The Labute approximate surface area is 152 Å². The second kappa shape index (κ2) is 7.20. The minimum absolute atomic E-state index is 0.0280. The Morgan fingerprint density at radius 1 is 1.30 bits per heavy atom. The van der Waals surface area contributed by atoms with E-state index in [-0.39, 0.29) is 24.1 Å². The number of hydrogen-bond donors (Lipinski definition) is 3. The van der Waals surface area contributed by atoms with Crippen molar-refractivity contribution in [3.8, 4) is 0 Å². The predicted octanol–water partition coefficient (Wildman–Crippen LogP) is 1.81. The number of rotatable bonds is 3. The lowest BCUT2D eigenvalue weighted by Crippen LogP contribution is -2.47. The van der Waals surface area contributed by atoms with Gasteiger partial charge in [-0.15, -0.1) is 0 Å². The maximum Gasteiger partial charge on any atom is 0.422 e. The Morgan fingerprint density at radius 2 is 1.93 bits per heavy atom. The first-order chi connectivity index (χ1) is 12.3. The number of nitrogens with one attached hydrogen (secondary N) is 3. The molecule has 27 heavy (non-hydrogen) atoms. The van der Waals surface area contributed by atoms with Crippen molar-refractivity contribution in [2.45, 2.75) is 64.4 Å². The van der Waals surface area contributed by atoms with E-state index in [4.69, 9.17) is 4.74 Å². The van der Waals surface area contributed by atoms with Crippen molar-refractivity contribution in [1.29, 1.82) is 0 Å². The summed E-state index contributed by atoms with van der Waals surface area (Å²) in [5, 5.41) is 10.4. The predicted molar refractivity (Wildman–Crippen MR) is 87.9 cm³/mol. The fraction of sp³-hybridized carbons (Fsp3) is 0.625. The van der Waals surface area contributed by atoms with Gasteiger partial charge in [0.1, 0.15) is 17.2 Å². The number of aromatic nitrogens is 2. The molecule has 150 valence electrons. The zero-order chi connectivity index (χ0) is 20.6. The zero-order valence-electron chi connectivity index (χ0n) is 15.3. The number of alkyl carbamates (subject to hydrolysis) is 1. The van der Waals surface area contributed by atoms with Gasteiger partial charge >= 0.3 is 12.3 Å². The van der Waals surface area contributed by atoms with E-state index in [1.54, 1.807) is 20.8 Å². The lowest BCUT2D eigenvalue weighted by molar-refractivity contribution is -0.139. The number of aromatic amines is 1. The molecular weight excluding hydrogens is 369 g/mol. The summed E-state index contributed by atoms with van der Waals surface area (Å²) in [5.74, 6) is -0.611.